The van der Waals surface area contributed by atoms with Crippen LogP contribution in [0.15, 0.2) is 18.2 Å². The molecule has 0 saturated heterocycles. The number of nitrogens with one attached hydrogen (secondary N) is 1. The van der Waals surface area contributed by atoms with E-state index in [2.05, 4.69) is 52.1 Å². The van der Waals surface area contributed by atoms with Crippen LogP contribution in [0.2, 0.25) is 0 Å². The highest BCUT2D eigenvalue weighted by Crippen LogP contribution is 2.26. The third kappa shape index (κ3) is 3.74. The maximum absolute atomic E-state index is 5.24. The molecule has 2 atom stereocenters. The fourth-order valence-electron chi connectivity index (χ4n) is 2.23. The fourth-order valence-corrected chi connectivity index (χ4v) is 2.23. The molecule has 0 saturated carbocycles. The van der Waals surface area contributed by atoms with Crippen LogP contribution < -0.4 is 10.1 Å². The minimum absolute atomic E-state index is 0.474. The SMILES string of the molecule is COc1ccc(C(C)C(C)NC(C)C)c(C)c1. The van der Waals surface area contributed by atoms with E-state index in [0.29, 0.717) is 18.0 Å². The van der Waals surface area contributed by atoms with E-state index in [1.54, 1.807) is 7.11 Å². The van der Waals surface area contributed by atoms with Gasteiger partial charge in [0.15, 0.2) is 0 Å². The number of ether oxygens (including phenoxy) is 1. The van der Waals surface area contributed by atoms with Crippen LogP contribution in [0.25, 0.3) is 0 Å². The van der Waals surface area contributed by atoms with Gasteiger partial charge in [0.05, 0.1) is 7.11 Å². The predicted molar refractivity (Wildman–Crippen MR) is 73.9 cm³/mol. The van der Waals surface area contributed by atoms with Crippen molar-refractivity contribution >= 4 is 0 Å². The van der Waals surface area contributed by atoms with Crippen molar-refractivity contribution in [2.75, 3.05) is 7.11 Å². The number of aryl methyl sites for hydroxylation is 1. The smallest absolute Gasteiger partial charge is 0.119 e. The molecular weight excluding hydrogens is 210 g/mol. The Morgan fingerprint density at radius 2 is 1.76 bits per heavy atom. The molecule has 1 aromatic carbocycles. The second-order valence-electron chi connectivity index (χ2n) is 5.12. The van der Waals surface area contributed by atoms with Gasteiger partial charge in [0.25, 0.3) is 0 Å². The second kappa shape index (κ2) is 6.06. The Balaban J connectivity index is 2.84. The molecule has 1 rings (SSSR count). The number of benzene rings is 1. The minimum Gasteiger partial charge on any atom is -0.497 e. The molecule has 0 fully saturated rings. The van der Waals surface area contributed by atoms with Crippen molar-refractivity contribution in [3.8, 4) is 5.75 Å². The van der Waals surface area contributed by atoms with E-state index in [1.807, 2.05) is 6.07 Å². The second-order valence-corrected chi connectivity index (χ2v) is 5.12. The van der Waals surface area contributed by atoms with E-state index in [9.17, 15) is 0 Å². The van der Waals surface area contributed by atoms with Crippen LogP contribution in [-0.2, 0) is 0 Å². The van der Waals surface area contributed by atoms with Gasteiger partial charge in [-0.15, -0.1) is 0 Å². The maximum Gasteiger partial charge on any atom is 0.119 e. The quantitative estimate of drug-likeness (QED) is 0.843. The standard InChI is InChI=1S/C15H25NO/c1-10(2)16-13(5)12(4)15-8-7-14(17-6)9-11(15)3/h7-10,12-13,16H,1-6H3. The van der Waals surface area contributed by atoms with Gasteiger partial charge in [-0.2, -0.15) is 0 Å². The highest BCUT2D eigenvalue weighted by molar-refractivity contribution is 5.37. The molecule has 2 heteroatoms. The first-order valence-corrected chi connectivity index (χ1v) is 6.36. The number of hydrogen-bond donors (Lipinski definition) is 1. The van der Waals surface area contributed by atoms with E-state index in [-0.39, 0.29) is 0 Å². The number of hydrogen-bond acceptors (Lipinski definition) is 2. The van der Waals surface area contributed by atoms with E-state index in [1.165, 1.54) is 11.1 Å². The lowest BCUT2D eigenvalue weighted by molar-refractivity contribution is 0.412. The minimum atomic E-state index is 0.474. The summed E-state index contributed by atoms with van der Waals surface area (Å²) < 4.78 is 5.24. The molecular formula is C15H25NO. The summed E-state index contributed by atoms with van der Waals surface area (Å²) in [5.41, 5.74) is 2.70. The highest BCUT2D eigenvalue weighted by Gasteiger charge is 2.16. The zero-order valence-corrected chi connectivity index (χ0v) is 11.9. The lowest BCUT2D eigenvalue weighted by Crippen LogP contribution is -2.36. The van der Waals surface area contributed by atoms with Crippen molar-refractivity contribution in [3.05, 3.63) is 29.3 Å². The molecule has 1 N–H and O–H groups in total. The van der Waals surface area contributed by atoms with E-state index < -0.39 is 0 Å². The molecule has 17 heavy (non-hydrogen) atoms. The Hall–Kier alpha value is -1.02. The van der Waals surface area contributed by atoms with Crippen LogP contribution >= 0.6 is 0 Å². The van der Waals surface area contributed by atoms with Gasteiger partial charge in [-0.3, -0.25) is 0 Å². The fraction of sp³-hybridized carbons (Fsp3) is 0.600. The van der Waals surface area contributed by atoms with Gasteiger partial charge in [0.2, 0.25) is 0 Å². The molecule has 0 radical (unpaired) electrons. The van der Waals surface area contributed by atoms with Gasteiger partial charge >= 0.3 is 0 Å². The van der Waals surface area contributed by atoms with Crippen LogP contribution in [0, 0.1) is 6.92 Å². The molecule has 0 aromatic heterocycles. The Bertz CT molecular complexity index is 360. The first kappa shape index (κ1) is 14.0. The molecule has 2 unspecified atom stereocenters. The monoisotopic (exact) mass is 235 g/mol. The van der Waals surface area contributed by atoms with Crippen LogP contribution in [0.3, 0.4) is 0 Å². The topological polar surface area (TPSA) is 21.3 Å². The first-order valence-electron chi connectivity index (χ1n) is 6.36. The molecule has 0 spiro atoms. The van der Waals surface area contributed by atoms with Crippen molar-refractivity contribution in [2.24, 2.45) is 0 Å². The average Bonchev–Trinajstić information content (AvgIpc) is 2.27. The lowest BCUT2D eigenvalue weighted by Gasteiger charge is -2.25. The Morgan fingerprint density at radius 3 is 2.24 bits per heavy atom. The summed E-state index contributed by atoms with van der Waals surface area (Å²) in [4.78, 5) is 0. The Labute approximate surface area is 105 Å². The summed E-state index contributed by atoms with van der Waals surface area (Å²) in [6, 6.07) is 7.32. The summed E-state index contributed by atoms with van der Waals surface area (Å²) in [6.07, 6.45) is 0. The van der Waals surface area contributed by atoms with Crippen molar-refractivity contribution in [1.29, 1.82) is 0 Å². The van der Waals surface area contributed by atoms with Gasteiger partial charge in [-0.1, -0.05) is 26.8 Å². The van der Waals surface area contributed by atoms with Crippen molar-refractivity contribution < 1.29 is 4.74 Å². The Morgan fingerprint density at radius 1 is 1.12 bits per heavy atom. The van der Waals surface area contributed by atoms with Gasteiger partial charge in [-0.25, -0.2) is 0 Å². The van der Waals surface area contributed by atoms with E-state index >= 15 is 0 Å². The zero-order valence-electron chi connectivity index (χ0n) is 11.9. The first-order chi connectivity index (χ1) is 7.95. The summed E-state index contributed by atoms with van der Waals surface area (Å²) in [6.45, 7) is 11.0. The molecule has 0 aliphatic rings. The predicted octanol–water partition coefficient (Wildman–Crippen LogP) is 3.49. The molecule has 2 nitrogen and oxygen atoms in total. The molecule has 96 valence electrons. The number of methoxy groups -OCH3 is 1. The van der Waals surface area contributed by atoms with Gasteiger partial charge in [0.1, 0.15) is 5.75 Å². The zero-order chi connectivity index (χ0) is 13.0. The summed E-state index contributed by atoms with van der Waals surface area (Å²) >= 11 is 0. The normalized spacial score (nSPS) is 14.8. The number of rotatable bonds is 5. The molecule has 0 aliphatic heterocycles. The van der Waals surface area contributed by atoms with Crippen molar-refractivity contribution in [1.82, 2.24) is 5.32 Å². The summed E-state index contributed by atoms with van der Waals surface area (Å²) in [5.74, 6) is 1.44. The largest absolute Gasteiger partial charge is 0.497 e. The van der Waals surface area contributed by atoms with Gasteiger partial charge in [0, 0.05) is 12.1 Å². The van der Waals surface area contributed by atoms with Gasteiger partial charge < -0.3 is 10.1 Å². The molecule has 0 bridgehead atoms. The van der Waals surface area contributed by atoms with Gasteiger partial charge in [-0.05, 0) is 43.0 Å². The van der Waals surface area contributed by atoms with Crippen LogP contribution in [0.1, 0.15) is 44.7 Å². The maximum atomic E-state index is 5.24. The molecule has 1 aromatic rings. The van der Waals surface area contributed by atoms with Crippen LogP contribution in [0.5, 0.6) is 5.75 Å². The van der Waals surface area contributed by atoms with E-state index in [4.69, 9.17) is 4.74 Å². The summed E-state index contributed by atoms with van der Waals surface area (Å²) in [7, 11) is 1.71. The molecule has 0 aliphatic carbocycles. The third-order valence-electron chi connectivity index (χ3n) is 3.31. The summed E-state index contributed by atoms with van der Waals surface area (Å²) in [5, 5.41) is 3.57. The van der Waals surface area contributed by atoms with E-state index in [0.717, 1.165) is 5.75 Å². The van der Waals surface area contributed by atoms with Crippen LogP contribution in [-0.4, -0.2) is 19.2 Å². The molecule has 0 heterocycles. The molecule has 0 amide bonds. The van der Waals surface area contributed by atoms with Crippen LogP contribution in [0.4, 0.5) is 0 Å². The van der Waals surface area contributed by atoms with Crippen molar-refractivity contribution in [2.45, 2.75) is 52.6 Å². The Kier molecular flexibility index (Phi) is 5.01. The third-order valence-corrected chi connectivity index (χ3v) is 3.31. The average molecular weight is 235 g/mol. The van der Waals surface area contributed by atoms with Crippen molar-refractivity contribution in [3.63, 3.8) is 0 Å². The highest BCUT2D eigenvalue weighted by atomic mass is 16.5. The lowest BCUT2D eigenvalue weighted by atomic mass is 9.90.